The average Bonchev–Trinajstić information content (AvgIpc) is 3.57. The number of amides is 1. The molecule has 8 nitrogen and oxygen atoms in total. The first-order valence-corrected chi connectivity index (χ1v) is 12.0. The quantitative estimate of drug-likeness (QED) is 0.277. The molecule has 35 heavy (non-hydrogen) atoms. The van der Waals surface area contributed by atoms with Gasteiger partial charge < -0.3 is 19.9 Å². The highest BCUT2D eigenvalue weighted by atomic mass is 32.1. The Labute approximate surface area is 205 Å². The van der Waals surface area contributed by atoms with Gasteiger partial charge in [-0.15, -0.1) is 11.3 Å². The van der Waals surface area contributed by atoms with Crippen LogP contribution in [-0.4, -0.2) is 36.5 Å². The summed E-state index contributed by atoms with van der Waals surface area (Å²) in [5.74, 6) is -0.198. The monoisotopic (exact) mass is 488 g/mol. The maximum absolute atomic E-state index is 13.1. The summed E-state index contributed by atoms with van der Waals surface area (Å²) in [7, 11) is 0. The van der Waals surface area contributed by atoms with E-state index >= 15 is 0 Å². The fraction of sp³-hybridized carbons (Fsp3) is 0.192. The second kappa shape index (κ2) is 9.01. The number of anilines is 1. The maximum atomic E-state index is 13.1. The van der Waals surface area contributed by atoms with E-state index in [0.717, 1.165) is 27.6 Å². The van der Waals surface area contributed by atoms with Crippen LogP contribution in [0.25, 0.3) is 32.6 Å². The molecule has 5 rings (SSSR count). The Kier molecular flexibility index (Phi) is 5.88. The molecule has 178 valence electrons. The Balaban J connectivity index is 1.45. The third-order valence-electron chi connectivity index (χ3n) is 5.55. The molecular weight excluding hydrogens is 464 g/mol. The number of nitrogens with zero attached hydrogens (tertiary/aromatic N) is 3. The van der Waals surface area contributed by atoms with E-state index in [-0.39, 0.29) is 17.4 Å². The molecule has 0 bridgehead atoms. The van der Waals surface area contributed by atoms with Gasteiger partial charge >= 0.3 is 0 Å². The van der Waals surface area contributed by atoms with Gasteiger partial charge in [-0.1, -0.05) is 12.1 Å². The number of phenolic OH excluding ortho intramolecular Hbond substituents is 1. The van der Waals surface area contributed by atoms with Crippen molar-refractivity contribution in [1.29, 1.82) is 0 Å². The first kappa shape index (κ1) is 22.8. The van der Waals surface area contributed by atoms with Crippen molar-refractivity contribution < 1.29 is 19.4 Å². The van der Waals surface area contributed by atoms with E-state index in [1.54, 1.807) is 54.6 Å². The van der Waals surface area contributed by atoms with Crippen LogP contribution in [0.1, 0.15) is 30.8 Å². The predicted octanol–water partition coefficient (Wildman–Crippen LogP) is 5.54. The number of aliphatic hydroxyl groups is 1. The molecule has 2 aromatic carbocycles. The number of fused-ring (bicyclic) bond motifs is 1. The highest BCUT2D eigenvalue weighted by Gasteiger charge is 2.18. The van der Waals surface area contributed by atoms with Crippen LogP contribution < -0.4 is 5.32 Å². The van der Waals surface area contributed by atoms with E-state index in [1.165, 1.54) is 11.3 Å². The maximum Gasteiger partial charge on any atom is 0.275 e. The van der Waals surface area contributed by atoms with Crippen LogP contribution in [0.3, 0.4) is 0 Å². The van der Waals surface area contributed by atoms with E-state index in [2.05, 4.69) is 15.4 Å². The van der Waals surface area contributed by atoms with Crippen LogP contribution in [0.4, 0.5) is 5.69 Å². The van der Waals surface area contributed by atoms with Crippen LogP contribution >= 0.6 is 11.3 Å². The molecule has 0 radical (unpaired) electrons. The van der Waals surface area contributed by atoms with Gasteiger partial charge in [0, 0.05) is 45.9 Å². The third-order valence-corrected chi connectivity index (χ3v) is 6.45. The first-order chi connectivity index (χ1) is 16.7. The minimum atomic E-state index is -0.788. The summed E-state index contributed by atoms with van der Waals surface area (Å²) in [5.41, 5.74) is 3.21. The third kappa shape index (κ3) is 5.11. The summed E-state index contributed by atoms with van der Waals surface area (Å²) in [4.78, 5) is 17.6. The number of hydrogen-bond acceptors (Lipinski definition) is 7. The van der Waals surface area contributed by atoms with Gasteiger partial charge in [-0.2, -0.15) is 5.10 Å². The lowest BCUT2D eigenvalue weighted by molar-refractivity contribution is 0.0651. The fourth-order valence-electron chi connectivity index (χ4n) is 3.72. The van der Waals surface area contributed by atoms with Gasteiger partial charge in [0.15, 0.2) is 0 Å². The Hall–Kier alpha value is -3.95. The first-order valence-electron chi connectivity index (χ1n) is 11.1. The van der Waals surface area contributed by atoms with Crippen molar-refractivity contribution in [2.75, 3.05) is 5.32 Å². The molecule has 3 aromatic heterocycles. The summed E-state index contributed by atoms with van der Waals surface area (Å²) in [6, 6.07) is 12.4. The minimum absolute atomic E-state index is 0.143. The number of benzene rings is 2. The zero-order chi connectivity index (χ0) is 24.6. The van der Waals surface area contributed by atoms with Crippen molar-refractivity contribution >= 4 is 33.8 Å². The highest BCUT2D eigenvalue weighted by Crippen LogP contribution is 2.33. The Morgan fingerprint density at radius 1 is 1.20 bits per heavy atom. The molecule has 0 atom stereocenters. The average molecular weight is 489 g/mol. The molecule has 3 N–H and O–H groups in total. The van der Waals surface area contributed by atoms with E-state index in [9.17, 15) is 15.0 Å². The lowest BCUT2D eigenvalue weighted by Gasteiger charge is -2.16. The molecule has 0 saturated carbocycles. The van der Waals surface area contributed by atoms with Gasteiger partial charge in [0.25, 0.3) is 5.91 Å². The number of carbonyl (C=O) groups is 1. The van der Waals surface area contributed by atoms with Crippen molar-refractivity contribution in [2.24, 2.45) is 0 Å². The smallest absolute Gasteiger partial charge is 0.275 e. The summed E-state index contributed by atoms with van der Waals surface area (Å²) in [5, 5.41) is 30.6. The number of aromatic hydroxyl groups is 1. The van der Waals surface area contributed by atoms with Gasteiger partial charge in [0.1, 0.15) is 16.5 Å². The molecule has 3 heterocycles. The van der Waals surface area contributed by atoms with Gasteiger partial charge in [-0.05, 0) is 50.6 Å². The number of hydrogen-bond donors (Lipinski definition) is 3. The van der Waals surface area contributed by atoms with E-state index < -0.39 is 5.60 Å². The van der Waals surface area contributed by atoms with E-state index in [1.807, 2.05) is 30.5 Å². The van der Waals surface area contributed by atoms with Crippen molar-refractivity contribution in [2.45, 2.75) is 32.4 Å². The second-order valence-electron chi connectivity index (χ2n) is 8.97. The lowest BCUT2D eigenvalue weighted by Crippen LogP contribution is -2.21. The van der Waals surface area contributed by atoms with Crippen LogP contribution in [0.15, 0.2) is 71.0 Å². The zero-order valence-corrected chi connectivity index (χ0v) is 20.0. The molecule has 0 spiro atoms. The van der Waals surface area contributed by atoms with Crippen molar-refractivity contribution in [1.82, 2.24) is 14.8 Å². The second-order valence-corrected chi connectivity index (χ2v) is 9.82. The standard InChI is InChI=1S/C26H24N4O4S/c1-26(2,33)7-8-30-13-18-11-22(20(12-21(18)29-30)17-6-9-34-14-17)27-24(32)23-15-35-25(28-23)16-4-3-5-19(31)10-16/h3-6,9-15,31,33H,7-8H2,1-2H3,(H,27,32). The summed E-state index contributed by atoms with van der Waals surface area (Å²) in [6.45, 7) is 4.11. The number of thiazole rings is 1. The molecule has 9 heteroatoms. The van der Waals surface area contributed by atoms with Crippen LogP contribution in [0, 0.1) is 0 Å². The number of carbonyl (C=O) groups excluding carboxylic acids is 1. The molecule has 5 aromatic rings. The minimum Gasteiger partial charge on any atom is -0.508 e. The number of aromatic nitrogens is 3. The largest absolute Gasteiger partial charge is 0.508 e. The van der Waals surface area contributed by atoms with Gasteiger partial charge in [-0.3, -0.25) is 9.48 Å². The topological polar surface area (TPSA) is 113 Å². The normalized spacial score (nSPS) is 11.7. The Bertz CT molecular complexity index is 1500. The molecule has 0 saturated heterocycles. The van der Waals surface area contributed by atoms with E-state index in [4.69, 9.17) is 4.42 Å². The molecule has 0 unspecified atom stereocenters. The van der Waals surface area contributed by atoms with Gasteiger partial charge in [-0.25, -0.2) is 4.98 Å². The lowest BCUT2D eigenvalue weighted by atomic mass is 10.0. The van der Waals surface area contributed by atoms with Gasteiger partial charge in [0.05, 0.1) is 23.6 Å². The summed E-state index contributed by atoms with van der Waals surface area (Å²) in [6.07, 6.45) is 5.66. The SMILES string of the molecule is CC(C)(O)CCn1cc2cc(NC(=O)c3csc(-c4cccc(O)c4)n3)c(-c3ccoc3)cc2n1. The van der Waals surface area contributed by atoms with Crippen molar-refractivity contribution in [3.63, 3.8) is 0 Å². The number of aryl methyl sites for hydroxylation is 1. The molecule has 0 aliphatic carbocycles. The Morgan fingerprint density at radius 2 is 2.06 bits per heavy atom. The van der Waals surface area contributed by atoms with Crippen molar-refractivity contribution in [3.8, 4) is 27.4 Å². The van der Waals surface area contributed by atoms with Crippen LogP contribution in [0.5, 0.6) is 5.75 Å². The predicted molar refractivity (Wildman–Crippen MR) is 136 cm³/mol. The van der Waals surface area contributed by atoms with Crippen LogP contribution in [-0.2, 0) is 6.54 Å². The van der Waals surface area contributed by atoms with E-state index in [0.29, 0.717) is 23.7 Å². The summed E-state index contributed by atoms with van der Waals surface area (Å²) >= 11 is 1.33. The Morgan fingerprint density at radius 3 is 2.80 bits per heavy atom. The number of furan rings is 1. The molecule has 0 aliphatic heterocycles. The molecule has 0 aliphatic rings. The highest BCUT2D eigenvalue weighted by molar-refractivity contribution is 7.13. The number of phenols is 1. The van der Waals surface area contributed by atoms with Crippen molar-refractivity contribution in [3.05, 3.63) is 72.3 Å². The fourth-order valence-corrected chi connectivity index (χ4v) is 4.52. The van der Waals surface area contributed by atoms with Gasteiger partial charge in [0.2, 0.25) is 0 Å². The zero-order valence-electron chi connectivity index (χ0n) is 19.2. The van der Waals surface area contributed by atoms with Crippen LogP contribution in [0.2, 0.25) is 0 Å². The molecular formula is C26H24N4O4S. The molecule has 0 fully saturated rings. The number of nitrogens with one attached hydrogen (secondary N) is 1. The molecule has 1 amide bonds. The summed E-state index contributed by atoms with van der Waals surface area (Å²) < 4.78 is 7.07. The number of rotatable bonds is 7.